The fourth-order valence-electron chi connectivity index (χ4n) is 1.93. The van der Waals surface area contributed by atoms with Crippen LogP contribution in [0.15, 0.2) is 0 Å². The minimum absolute atomic E-state index is 0.589. The van der Waals surface area contributed by atoms with Crippen molar-refractivity contribution >= 4 is 17.3 Å². The van der Waals surface area contributed by atoms with Crippen molar-refractivity contribution in [3.63, 3.8) is 0 Å². The van der Waals surface area contributed by atoms with E-state index in [0.717, 1.165) is 18.2 Å². The zero-order chi connectivity index (χ0) is 11.1. The fourth-order valence-corrected chi connectivity index (χ4v) is 2.11. The maximum Gasteiger partial charge on any atom is 0.166 e. The van der Waals surface area contributed by atoms with Crippen LogP contribution in [0.1, 0.15) is 52.4 Å². The maximum atomic E-state index is 5.23. The number of rotatable bonds is 7. The van der Waals surface area contributed by atoms with Crippen molar-refractivity contribution in [2.24, 2.45) is 5.41 Å². The molecule has 1 fully saturated rings. The summed E-state index contributed by atoms with van der Waals surface area (Å²) in [6.07, 6.45) is 7.81. The smallest absolute Gasteiger partial charge is 0.166 e. The van der Waals surface area contributed by atoms with Crippen LogP contribution >= 0.6 is 12.2 Å². The Hall–Kier alpha value is -0.310. The van der Waals surface area contributed by atoms with Gasteiger partial charge in [-0.05, 0) is 43.3 Å². The molecule has 3 heteroatoms. The van der Waals surface area contributed by atoms with Crippen LogP contribution in [0, 0.1) is 5.41 Å². The van der Waals surface area contributed by atoms with Gasteiger partial charge in [-0.3, -0.25) is 0 Å². The van der Waals surface area contributed by atoms with Gasteiger partial charge in [0.1, 0.15) is 0 Å². The topological polar surface area (TPSA) is 24.1 Å². The van der Waals surface area contributed by atoms with E-state index >= 15 is 0 Å². The van der Waals surface area contributed by atoms with Crippen molar-refractivity contribution in [3.8, 4) is 0 Å². The molecule has 2 nitrogen and oxygen atoms in total. The van der Waals surface area contributed by atoms with Crippen LogP contribution in [0.2, 0.25) is 0 Å². The van der Waals surface area contributed by atoms with Crippen LogP contribution < -0.4 is 10.6 Å². The molecule has 0 aromatic heterocycles. The summed E-state index contributed by atoms with van der Waals surface area (Å²) >= 11 is 5.23. The highest BCUT2D eigenvalue weighted by atomic mass is 32.1. The molecule has 2 N–H and O–H groups in total. The van der Waals surface area contributed by atoms with Crippen molar-refractivity contribution < 1.29 is 0 Å². The van der Waals surface area contributed by atoms with Crippen LogP contribution in [-0.2, 0) is 0 Å². The monoisotopic (exact) mass is 228 g/mol. The molecule has 0 saturated heterocycles. The Bertz CT molecular complexity index is 200. The van der Waals surface area contributed by atoms with Gasteiger partial charge in [0, 0.05) is 13.1 Å². The average Bonchev–Trinajstić information content (AvgIpc) is 2.97. The molecule has 0 amide bonds. The first kappa shape index (κ1) is 12.8. The number of hydrogen-bond acceptors (Lipinski definition) is 1. The lowest BCUT2D eigenvalue weighted by Crippen LogP contribution is -2.38. The molecule has 0 unspecified atom stereocenters. The quantitative estimate of drug-likeness (QED) is 0.517. The van der Waals surface area contributed by atoms with Crippen LogP contribution in [-0.4, -0.2) is 18.2 Å². The second-order valence-corrected chi connectivity index (χ2v) is 5.12. The number of nitrogens with one attached hydrogen (secondary N) is 2. The summed E-state index contributed by atoms with van der Waals surface area (Å²) < 4.78 is 0. The third-order valence-corrected chi connectivity index (χ3v) is 3.47. The molecular formula is C12H24N2S. The lowest BCUT2D eigenvalue weighted by atomic mass is 10.0. The number of hydrogen-bond donors (Lipinski definition) is 2. The highest BCUT2D eigenvalue weighted by Gasteiger charge is 2.41. The van der Waals surface area contributed by atoms with Gasteiger partial charge >= 0.3 is 0 Å². The second-order valence-electron chi connectivity index (χ2n) is 4.71. The third kappa shape index (κ3) is 4.83. The van der Waals surface area contributed by atoms with Gasteiger partial charge in [-0.15, -0.1) is 0 Å². The largest absolute Gasteiger partial charge is 0.363 e. The molecule has 1 rings (SSSR count). The first-order valence-corrected chi connectivity index (χ1v) is 6.65. The van der Waals surface area contributed by atoms with E-state index in [1.165, 1.54) is 38.5 Å². The predicted molar refractivity (Wildman–Crippen MR) is 70.1 cm³/mol. The molecule has 1 aliphatic rings. The molecule has 15 heavy (non-hydrogen) atoms. The fraction of sp³-hybridized carbons (Fsp3) is 0.917. The second kappa shape index (κ2) is 6.31. The Balaban J connectivity index is 2.06. The number of thiocarbonyl (C=S) groups is 1. The third-order valence-electron chi connectivity index (χ3n) is 3.18. The van der Waals surface area contributed by atoms with E-state index < -0.39 is 0 Å². The number of unbranched alkanes of at least 4 members (excludes halogenated alkanes) is 1. The minimum Gasteiger partial charge on any atom is -0.363 e. The van der Waals surface area contributed by atoms with Gasteiger partial charge in [-0.1, -0.05) is 26.7 Å². The highest BCUT2D eigenvalue weighted by Crippen LogP contribution is 2.48. The summed E-state index contributed by atoms with van der Waals surface area (Å²) in [4.78, 5) is 0. The molecule has 0 aromatic carbocycles. The van der Waals surface area contributed by atoms with Crippen LogP contribution in [0.3, 0.4) is 0 Å². The summed E-state index contributed by atoms with van der Waals surface area (Å²) in [5.41, 5.74) is 0.589. The highest BCUT2D eigenvalue weighted by molar-refractivity contribution is 7.80. The van der Waals surface area contributed by atoms with Gasteiger partial charge in [0.15, 0.2) is 5.11 Å². The van der Waals surface area contributed by atoms with E-state index in [0.29, 0.717) is 5.41 Å². The van der Waals surface area contributed by atoms with E-state index in [-0.39, 0.29) is 0 Å². The standard InChI is InChI=1S/C12H24N2S/c1-3-5-9-13-11(15)14-10-12(6-4-2)7-8-12/h3-10H2,1-2H3,(H2,13,14,15). The van der Waals surface area contributed by atoms with Crippen LogP contribution in [0.4, 0.5) is 0 Å². The summed E-state index contributed by atoms with van der Waals surface area (Å²) in [5.74, 6) is 0. The Labute approximate surface area is 99.2 Å². The van der Waals surface area contributed by atoms with Gasteiger partial charge in [0.05, 0.1) is 0 Å². The molecule has 0 bridgehead atoms. The first-order valence-electron chi connectivity index (χ1n) is 6.24. The molecule has 0 aliphatic heterocycles. The minimum atomic E-state index is 0.589. The molecule has 88 valence electrons. The summed E-state index contributed by atoms with van der Waals surface area (Å²) in [6, 6.07) is 0. The van der Waals surface area contributed by atoms with E-state index in [2.05, 4.69) is 24.5 Å². The van der Waals surface area contributed by atoms with Crippen molar-refractivity contribution in [1.29, 1.82) is 0 Å². The summed E-state index contributed by atoms with van der Waals surface area (Å²) in [7, 11) is 0. The molecule has 1 saturated carbocycles. The maximum absolute atomic E-state index is 5.23. The Kier molecular flexibility index (Phi) is 5.37. The van der Waals surface area contributed by atoms with Gasteiger partial charge in [0.2, 0.25) is 0 Å². The van der Waals surface area contributed by atoms with Crippen molar-refractivity contribution in [3.05, 3.63) is 0 Å². The first-order chi connectivity index (χ1) is 7.22. The predicted octanol–water partition coefficient (Wildman–Crippen LogP) is 2.83. The van der Waals surface area contributed by atoms with E-state index in [4.69, 9.17) is 12.2 Å². The van der Waals surface area contributed by atoms with Gasteiger partial charge < -0.3 is 10.6 Å². The Morgan fingerprint density at radius 1 is 1.20 bits per heavy atom. The molecule has 1 aliphatic carbocycles. The summed E-state index contributed by atoms with van der Waals surface area (Å²) in [5, 5.41) is 7.43. The van der Waals surface area contributed by atoms with Crippen LogP contribution in [0.25, 0.3) is 0 Å². The van der Waals surface area contributed by atoms with Gasteiger partial charge in [-0.2, -0.15) is 0 Å². The van der Waals surface area contributed by atoms with Crippen molar-refractivity contribution in [2.75, 3.05) is 13.1 Å². The Morgan fingerprint density at radius 3 is 2.47 bits per heavy atom. The summed E-state index contributed by atoms with van der Waals surface area (Å²) in [6.45, 7) is 6.53. The molecule has 0 radical (unpaired) electrons. The molecular weight excluding hydrogens is 204 g/mol. The van der Waals surface area contributed by atoms with E-state index in [1.807, 2.05) is 0 Å². The van der Waals surface area contributed by atoms with E-state index in [9.17, 15) is 0 Å². The van der Waals surface area contributed by atoms with E-state index in [1.54, 1.807) is 0 Å². The van der Waals surface area contributed by atoms with Crippen molar-refractivity contribution in [1.82, 2.24) is 10.6 Å². The Morgan fingerprint density at radius 2 is 1.93 bits per heavy atom. The zero-order valence-electron chi connectivity index (χ0n) is 10.1. The average molecular weight is 228 g/mol. The normalized spacial score (nSPS) is 17.2. The zero-order valence-corrected chi connectivity index (χ0v) is 10.9. The molecule has 0 heterocycles. The SMILES string of the molecule is CCCCNC(=S)NCC1(CCC)CC1. The molecule has 0 atom stereocenters. The van der Waals surface area contributed by atoms with Gasteiger partial charge in [0.25, 0.3) is 0 Å². The molecule has 0 aromatic rings. The lowest BCUT2D eigenvalue weighted by molar-refractivity contribution is 0.451. The van der Waals surface area contributed by atoms with Gasteiger partial charge in [-0.25, -0.2) is 0 Å². The van der Waals surface area contributed by atoms with Crippen LogP contribution in [0.5, 0.6) is 0 Å². The van der Waals surface area contributed by atoms with Crippen molar-refractivity contribution in [2.45, 2.75) is 52.4 Å². The molecule has 0 spiro atoms. The lowest BCUT2D eigenvalue weighted by Gasteiger charge is -2.17.